The lowest BCUT2D eigenvalue weighted by molar-refractivity contribution is 0.577. The molecule has 0 radical (unpaired) electrons. The fraction of sp³-hybridized carbons (Fsp3) is 0.357. The van der Waals surface area contributed by atoms with Crippen molar-refractivity contribution in [2.45, 2.75) is 26.3 Å². The fourth-order valence-corrected chi connectivity index (χ4v) is 2.75. The van der Waals surface area contributed by atoms with Crippen LogP contribution >= 0.6 is 22.9 Å². The molecule has 4 heteroatoms. The van der Waals surface area contributed by atoms with Gasteiger partial charge in [-0.2, -0.15) is 0 Å². The van der Waals surface area contributed by atoms with Crippen LogP contribution in [0.5, 0.6) is 0 Å². The van der Waals surface area contributed by atoms with E-state index >= 15 is 0 Å². The Labute approximate surface area is 117 Å². The fourth-order valence-electron chi connectivity index (χ4n) is 1.67. The number of thiazole rings is 1. The first kappa shape index (κ1) is 13.5. The van der Waals surface area contributed by atoms with Gasteiger partial charge in [0.1, 0.15) is 5.01 Å². The molecule has 18 heavy (non-hydrogen) atoms. The summed E-state index contributed by atoms with van der Waals surface area (Å²) in [5.74, 6) is 0. The van der Waals surface area contributed by atoms with Crippen LogP contribution in [0, 0.1) is 0 Å². The number of hydrogen-bond acceptors (Lipinski definition) is 3. The van der Waals surface area contributed by atoms with Crippen molar-refractivity contribution >= 4 is 22.9 Å². The molecule has 1 N–H and O–H groups in total. The summed E-state index contributed by atoms with van der Waals surface area (Å²) in [6, 6.07) is 8.18. The predicted octanol–water partition coefficient (Wildman–Crippen LogP) is 4.52. The first-order valence-electron chi connectivity index (χ1n) is 6.15. The number of halogens is 1. The summed E-state index contributed by atoms with van der Waals surface area (Å²) in [5, 5.41) is 5.28. The summed E-state index contributed by atoms with van der Waals surface area (Å²) >= 11 is 7.62. The molecule has 0 aliphatic heterocycles. The maximum Gasteiger partial charge on any atom is 0.123 e. The molecule has 1 aromatic heterocycles. The normalized spacial score (nSPS) is 12.6. The molecule has 96 valence electrons. The van der Waals surface area contributed by atoms with Crippen molar-refractivity contribution in [1.82, 2.24) is 10.3 Å². The van der Waals surface area contributed by atoms with Crippen LogP contribution in [0.15, 0.2) is 30.5 Å². The van der Waals surface area contributed by atoms with Gasteiger partial charge in [0.25, 0.3) is 0 Å². The zero-order chi connectivity index (χ0) is 13.0. The first-order valence-corrected chi connectivity index (χ1v) is 7.35. The average Bonchev–Trinajstić information content (AvgIpc) is 2.86. The Morgan fingerprint density at radius 3 is 2.72 bits per heavy atom. The van der Waals surface area contributed by atoms with E-state index in [1.54, 1.807) is 11.3 Å². The number of aromatic nitrogens is 1. The van der Waals surface area contributed by atoms with Crippen LogP contribution in [0.1, 0.15) is 31.2 Å². The highest BCUT2D eigenvalue weighted by atomic mass is 35.5. The van der Waals surface area contributed by atoms with Crippen molar-refractivity contribution in [3.63, 3.8) is 0 Å². The van der Waals surface area contributed by atoms with Crippen molar-refractivity contribution in [3.8, 4) is 10.6 Å². The molecule has 0 fully saturated rings. The maximum absolute atomic E-state index is 5.88. The molecule has 1 atom stereocenters. The van der Waals surface area contributed by atoms with Gasteiger partial charge in [-0.3, -0.25) is 0 Å². The number of nitrogens with zero attached hydrogens (tertiary/aromatic N) is 1. The monoisotopic (exact) mass is 280 g/mol. The standard InChI is InChI=1S/C14H17ClN2S/c1-3-8-16-10(2)13-9-17-14(18-13)11-4-6-12(15)7-5-11/h4-7,9-10,16H,3,8H2,1-2H3. The van der Waals surface area contributed by atoms with E-state index in [1.807, 2.05) is 30.5 Å². The Hall–Kier alpha value is -0.900. The summed E-state index contributed by atoms with van der Waals surface area (Å²) < 4.78 is 0. The minimum atomic E-state index is 0.364. The van der Waals surface area contributed by atoms with Gasteiger partial charge < -0.3 is 5.32 Å². The van der Waals surface area contributed by atoms with Crippen LogP contribution in [0.25, 0.3) is 10.6 Å². The second-order valence-corrected chi connectivity index (χ2v) is 5.75. The van der Waals surface area contributed by atoms with Gasteiger partial charge in [0.2, 0.25) is 0 Å². The zero-order valence-electron chi connectivity index (χ0n) is 10.6. The van der Waals surface area contributed by atoms with E-state index < -0.39 is 0 Å². The van der Waals surface area contributed by atoms with E-state index in [9.17, 15) is 0 Å². The third-order valence-electron chi connectivity index (χ3n) is 2.74. The summed E-state index contributed by atoms with van der Waals surface area (Å²) in [6.07, 6.45) is 3.11. The highest BCUT2D eigenvalue weighted by molar-refractivity contribution is 7.15. The van der Waals surface area contributed by atoms with Gasteiger partial charge in [0.15, 0.2) is 0 Å². The lowest BCUT2D eigenvalue weighted by Crippen LogP contribution is -2.18. The molecular formula is C14H17ClN2S. The van der Waals surface area contributed by atoms with Gasteiger partial charge in [-0.05, 0) is 32.0 Å². The predicted molar refractivity (Wildman–Crippen MR) is 79.3 cm³/mol. The first-order chi connectivity index (χ1) is 8.70. The van der Waals surface area contributed by atoms with Crippen LogP contribution in [0.3, 0.4) is 0 Å². The smallest absolute Gasteiger partial charge is 0.123 e. The van der Waals surface area contributed by atoms with Gasteiger partial charge >= 0.3 is 0 Å². The van der Waals surface area contributed by atoms with Gasteiger partial charge in [-0.25, -0.2) is 4.98 Å². The SMILES string of the molecule is CCCNC(C)c1cnc(-c2ccc(Cl)cc2)s1. The summed E-state index contributed by atoms with van der Waals surface area (Å²) in [4.78, 5) is 5.75. The molecule has 0 aliphatic carbocycles. The molecule has 0 bridgehead atoms. The van der Waals surface area contributed by atoms with E-state index in [-0.39, 0.29) is 0 Å². The highest BCUT2D eigenvalue weighted by Crippen LogP contribution is 2.29. The van der Waals surface area contributed by atoms with Crippen LogP contribution < -0.4 is 5.32 Å². The van der Waals surface area contributed by atoms with Crippen molar-refractivity contribution in [2.24, 2.45) is 0 Å². The Morgan fingerprint density at radius 1 is 1.33 bits per heavy atom. The third-order valence-corrected chi connectivity index (χ3v) is 4.22. The molecule has 0 saturated carbocycles. The number of benzene rings is 1. The average molecular weight is 281 g/mol. The second kappa shape index (κ2) is 6.32. The van der Waals surface area contributed by atoms with Crippen molar-refractivity contribution in [2.75, 3.05) is 6.54 Å². The van der Waals surface area contributed by atoms with Crippen LogP contribution in [-0.2, 0) is 0 Å². The van der Waals surface area contributed by atoms with Crippen LogP contribution in [-0.4, -0.2) is 11.5 Å². The molecule has 2 aromatic rings. The molecule has 1 aromatic carbocycles. The number of hydrogen-bond donors (Lipinski definition) is 1. The number of rotatable bonds is 5. The molecule has 2 rings (SSSR count). The van der Waals surface area contributed by atoms with Crippen LogP contribution in [0.2, 0.25) is 5.02 Å². The lowest BCUT2D eigenvalue weighted by atomic mass is 10.2. The van der Waals surface area contributed by atoms with E-state index in [4.69, 9.17) is 11.6 Å². The quantitative estimate of drug-likeness (QED) is 0.871. The minimum Gasteiger partial charge on any atom is -0.309 e. The second-order valence-electron chi connectivity index (χ2n) is 4.25. The van der Waals surface area contributed by atoms with Gasteiger partial charge in [0.05, 0.1) is 0 Å². The Balaban J connectivity index is 2.12. The van der Waals surface area contributed by atoms with Gasteiger partial charge in [0, 0.05) is 27.7 Å². The van der Waals surface area contributed by atoms with Crippen molar-refractivity contribution < 1.29 is 0 Å². The van der Waals surface area contributed by atoms with Crippen LogP contribution in [0.4, 0.5) is 0 Å². The Bertz CT molecular complexity index is 493. The van der Waals surface area contributed by atoms with E-state index in [2.05, 4.69) is 24.1 Å². The van der Waals surface area contributed by atoms with E-state index in [0.29, 0.717) is 6.04 Å². The summed E-state index contributed by atoms with van der Waals surface area (Å²) in [7, 11) is 0. The molecule has 1 heterocycles. The molecule has 2 nitrogen and oxygen atoms in total. The Morgan fingerprint density at radius 2 is 2.06 bits per heavy atom. The molecule has 0 amide bonds. The molecule has 0 saturated heterocycles. The van der Waals surface area contributed by atoms with Crippen molar-refractivity contribution in [1.29, 1.82) is 0 Å². The highest BCUT2D eigenvalue weighted by Gasteiger charge is 2.10. The molecule has 1 unspecified atom stereocenters. The third kappa shape index (κ3) is 3.31. The van der Waals surface area contributed by atoms with Gasteiger partial charge in [-0.1, -0.05) is 30.7 Å². The molecule has 0 spiro atoms. The number of nitrogens with one attached hydrogen (secondary N) is 1. The summed E-state index contributed by atoms with van der Waals surface area (Å²) in [5.41, 5.74) is 1.12. The lowest BCUT2D eigenvalue weighted by Gasteiger charge is -2.09. The summed E-state index contributed by atoms with van der Waals surface area (Å²) in [6.45, 7) is 5.38. The van der Waals surface area contributed by atoms with E-state index in [1.165, 1.54) is 4.88 Å². The molecule has 0 aliphatic rings. The molecular weight excluding hydrogens is 264 g/mol. The maximum atomic E-state index is 5.88. The van der Waals surface area contributed by atoms with E-state index in [0.717, 1.165) is 28.6 Å². The van der Waals surface area contributed by atoms with Gasteiger partial charge in [-0.15, -0.1) is 11.3 Å². The minimum absolute atomic E-state index is 0.364. The largest absolute Gasteiger partial charge is 0.309 e. The topological polar surface area (TPSA) is 24.9 Å². The van der Waals surface area contributed by atoms with Crippen molar-refractivity contribution in [3.05, 3.63) is 40.4 Å². The Kier molecular flexibility index (Phi) is 4.75. The zero-order valence-corrected chi connectivity index (χ0v) is 12.2.